The number of carbonyl (C=O) groups is 1. The molecule has 1 heterocycles. The molecule has 0 unspecified atom stereocenters. The van der Waals surface area contributed by atoms with Gasteiger partial charge in [-0.1, -0.05) is 0 Å². The number of ketones is 1. The standard InChI is InChI=1S/C17H26N2O2.ClH/c1-17(2,18)12-19-10-8-14(9-11-19)16(20)13-4-6-15(21-3)7-5-13;/h4-7,14H,8-12,18H2,1-3H3;1H. The summed E-state index contributed by atoms with van der Waals surface area (Å²) < 4.78 is 5.13. The number of nitrogens with two attached hydrogens (primary N) is 1. The maximum atomic E-state index is 12.5. The molecule has 0 atom stereocenters. The Kier molecular flexibility index (Phi) is 6.85. The van der Waals surface area contributed by atoms with Crippen LogP contribution in [0.3, 0.4) is 0 Å². The van der Waals surface area contributed by atoms with Gasteiger partial charge in [-0.25, -0.2) is 0 Å². The highest BCUT2D eigenvalue weighted by Gasteiger charge is 2.27. The Hall–Kier alpha value is -1.10. The molecular weight excluding hydrogens is 300 g/mol. The molecule has 1 fully saturated rings. The molecule has 0 saturated carbocycles. The van der Waals surface area contributed by atoms with Crippen LogP contribution in [0.25, 0.3) is 0 Å². The van der Waals surface area contributed by atoms with E-state index in [-0.39, 0.29) is 29.6 Å². The molecule has 0 aromatic heterocycles. The minimum absolute atomic E-state index is 0. The third-order valence-corrected chi connectivity index (χ3v) is 3.96. The second kappa shape index (κ2) is 7.95. The van der Waals surface area contributed by atoms with Gasteiger partial charge in [-0.3, -0.25) is 4.79 Å². The summed E-state index contributed by atoms with van der Waals surface area (Å²) >= 11 is 0. The number of Topliss-reactive ketones (excluding diaryl/α,β-unsaturated/α-hetero) is 1. The largest absolute Gasteiger partial charge is 0.497 e. The first-order valence-corrected chi connectivity index (χ1v) is 7.58. The molecule has 1 aromatic carbocycles. The lowest BCUT2D eigenvalue weighted by Gasteiger charge is -2.35. The van der Waals surface area contributed by atoms with Crippen molar-refractivity contribution in [2.45, 2.75) is 32.2 Å². The smallest absolute Gasteiger partial charge is 0.166 e. The van der Waals surface area contributed by atoms with Gasteiger partial charge in [-0.2, -0.15) is 0 Å². The van der Waals surface area contributed by atoms with Crippen molar-refractivity contribution >= 4 is 18.2 Å². The second-order valence-electron chi connectivity index (χ2n) is 6.63. The fourth-order valence-electron chi connectivity index (χ4n) is 2.92. The molecule has 2 rings (SSSR count). The van der Waals surface area contributed by atoms with Crippen LogP contribution >= 0.6 is 12.4 Å². The Bertz CT molecular complexity index is 474. The van der Waals surface area contributed by atoms with E-state index in [1.165, 1.54) is 0 Å². The van der Waals surface area contributed by atoms with E-state index in [0.717, 1.165) is 43.8 Å². The number of rotatable bonds is 5. The molecule has 124 valence electrons. The molecule has 0 bridgehead atoms. The van der Waals surface area contributed by atoms with E-state index < -0.39 is 0 Å². The van der Waals surface area contributed by atoms with Crippen LogP contribution in [-0.4, -0.2) is 43.0 Å². The zero-order chi connectivity index (χ0) is 15.5. The van der Waals surface area contributed by atoms with Crippen LogP contribution in [0, 0.1) is 5.92 Å². The van der Waals surface area contributed by atoms with E-state index in [1.54, 1.807) is 7.11 Å². The van der Waals surface area contributed by atoms with Crippen LogP contribution in [0.4, 0.5) is 0 Å². The highest BCUT2D eigenvalue weighted by Crippen LogP contribution is 2.23. The van der Waals surface area contributed by atoms with Gasteiger partial charge in [0, 0.05) is 23.6 Å². The van der Waals surface area contributed by atoms with E-state index in [2.05, 4.69) is 4.90 Å². The normalized spacial score (nSPS) is 16.9. The molecule has 4 nitrogen and oxygen atoms in total. The zero-order valence-electron chi connectivity index (χ0n) is 13.7. The minimum Gasteiger partial charge on any atom is -0.497 e. The van der Waals surface area contributed by atoms with E-state index >= 15 is 0 Å². The van der Waals surface area contributed by atoms with Gasteiger partial charge in [0.15, 0.2) is 5.78 Å². The molecule has 22 heavy (non-hydrogen) atoms. The van der Waals surface area contributed by atoms with E-state index in [0.29, 0.717) is 0 Å². The Morgan fingerprint density at radius 3 is 2.27 bits per heavy atom. The van der Waals surface area contributed by atoms with Gasteiger partial charge in [0.05, 0.1) is 7.11 Å². The maximum Gasteiger partial charge on any atom is 0.166 e. The van der Waals surface area contributed by atoms with Gasteiger partial charge in [-0.05, 0) is 64.0 Å². The molecule has 2 N–H and O–H groups in total. The topological polar surface area (TPSA) is 55.6 Å². The Balaban J connectivity index is 0.00000242. The fraction of sp³-hybridized carbons (Fsp3) is 0.588. The summed E-state index contributed by atoms with van der Waals surface area (Å²) in [6.07, 6.45) is 1.84. The lowest BCUT2D eigenvalue weighted by molar-refractivity contribution is 0.0825. The monoisotopic (exact) mass is 326 g/mol. The first-order chi connectivity index (χ1) is 9.89. The third-order valence-electron chi connectivity index (χ3n) is 3.96. The summed E-state index contributed by atoms with van der Waals surface area (Å²) in [6, 6.07) is 7.41. The molecule has 1 aliphatic rings. The molecule has 0 amide bonds. The maximum absolute atomic E-state index is 12.5. The van der Waals surface area contributed by atoms with Crippen LogP contribution in [0.15, 0.2) is 24.3 Å². The number of hydrogen-bond acceptors (Lipinski definition) is 4. The average Bonchev–Trinajstić information content (AvgIpc) is 2.46. The van der Waals surface area contributed by atoms with Gasteiger partial charge in [0.1, 0.15) is 5.75 Å². The molecule has 5 heteroatoms. The number of benzene rings is 1. The number of piperidine rings is 1. The average molecular weight is 327 g/mol. The van der Waals surface area contributed by atoms with Crippen LogP contribution in [-0.2, 0) is 0 Å². The molecule has 0 spiro atoms. The van der Waals surface area contributed by atoms with Gasteiger partial charge in [0.25, 0.3) is 0 Å². The lowest BCUT2D eigenvalue weighted by Crippen LogP contribution is -2.48. The van der Waals surface area contributed by atoms with Crippen molar-refractivity contribution in [3.63, 3.8) is 0 Å². The lowest BCUT2D eigenvalue weighted by atomic mass is 9.88. The summed E-state index contributed by atoms with van der Waals surface area (Å²) in [5.74, 6) is 1.17. The van der Waals surface area contributed by atoms with E-state index in [4.69, 9.17) is 10.5 Å². The summed E-state index contributed by atoms with van der Waals surface area (Å²) in [4.78, 5) is 14.9. The molecular formula is C17H27ClN2O2. The molecule has 1 saturated heterocycles. The van der Waals surface area contributed by atoms with Gasteiger partial charge in [0.2, 0.25) is 0 Å². The van der Waals surface area contributed by atoms with E-state index in [9.17, 15) is 4.79 Å². The Morgan fingerprint density at radius 1 is 1.27 bits per heavy atom. The Labute approximate surface area is 139 Å². The summed E-state index contributed by atoms with van der Waals surface area (Å²) in [6.45, 7) is 6.88. The molecule has 1 aliphatic heterocycles. The van der Waals surface area contributed by atoms with Crippen molar-refractivity contribution in [1.29, 1.82) is 0 Å². The first-order valence-electron chi connectivity index (χ1n) is 7.58. The van der Waals surface area contributed by atoms with Crippen molar-refractivity contribution in [1.82, 2.24) is 4.90 Å². The first kappa shape index (κ1) is 18.9. The van der Waals surface area contributed by atoms with Gasteiger partial charge < -0.3 is 15.4 Å². The molecule has 0 radical (unpaired) electrons. The van der Waals surface area contributed by atoms with Crippen LogP contribution in [0.5, 0.6) is 5.75 Å². The SMILES string of the molecule is COc1ccc(C(=O)C2CCN(CC(C)(C)N)CC2)cc1.Cl. The number of carbonyl (C=O) groups excluding carboxylic acids is 1. The minimum atomic E-state index is -0.174. The summed E-state index contributed by atoms with van der Waals surface area (Å²) in [5, 5.41) is 0. The van der Waals surface area contributed by atoms with Crippen molar-refractivity contribution < 1.29 is 9.53 Å². The van der Waals surface area contributed by atoms with Gasteiger partial charge >= 0.3 is 0 Å². The second-order valence-corrected chi connectivity index (χ2v) is 6.63. The number of hydrogen-bond donors (Lipinski definition) is 1. The highest BCUT2D eigenvalue weighted by atomic mass is 35.5. The summed E-state index contributed by atoms with van der Waals surface area (Å²) in [7, 11) is 1.63. The van der Waals surface area contributed by atoms with Crippen molar-refractivity contribution in [2.24, 2.45) is 11.7 Å². The molecule has 0 aliphatic carbocycles. The zero-order valence-corrected chi connectivity index (χ0v) is 14.5. The summed E-state index contributed by atoms with van der Waals surface area (Å²) in [5.41, 5.74) is 6.67. The number of halogens is 1. The quantitative estimate of drug-likeness (QED) is 0.845. The Morgan fingerprint density at radius 2 is 1.82 bits per heavy atom. The fourth-order valence-corrected chi connectivity index (χ4v) is 2.92. The van der Waals surface area contributed by atoms with Crippen molar-refractivity contribution in [3.8, 4) is 5.75 Å². The third kappa shape index (κ3) is 5.27. The number of methoxy groups -OCH3 is 1. The van der Waals surface area contributed by atoms with Gasteiger partial charge in [-0.15, -0.1) is 12.4 Å². The van der Waals surface area contributed by atoms with Crippen LogP contribution in [0.1, 0.15) is 37.0 Å². The van der Waals surface area contributed by atoms with Crippen molar-refractivity contribution in [2.75, 3.05) is 26.7 Å². The van der Waals surface area contributed by atoms with Crippen LogP contribution < -0.4 is 10.5 Å². The number of ether oxygens (including phenoxy) is 1. The predicted octanol–water partition coefficient (Wildman–Crippen LogP) is 2.75. The molecule has 1 aromatic rings. The van der Waals surface area contributed by atoms with Crippen molar-refractivity contribution in [3.05, 3.63) is 29.8 Å². The predicted molar refractivity (Wildman–Crippen MR) is 92.0 cm³/mol. The number of likely N-dealkylation sites (tertiary alicyclic amines) is 1. The number of nitrogens with zero attached hydrogens (tertiary/aromatic N) is 1. The van der Waals surface area contributed by atoms with E-state index in [1.807, 2.05) is 38.1 Å². The van der Waals surface area contributed by atoms with Crippen LogP contribution in [0.2, 0.25) is 0 Å². The highest BCUT2D eigenvalue weighted by molar-refractivity contribution is 5.98.